The summed E-state index contributed by atoms with van der Waals surface area (Å²) in [4.78, 5) is 14.0. The maximum Gasteiger partial charge on any atom is 0.389 e. The van der Waals surface area contributed by atoms with E-state index in [0.29, 0.717) is 6.54 Å². The van der Waals surface area contributed by atoms with Crippen LogP contribution in [0.25, 0.3) is 0 Å². The first kappa shape index (κ1) is 10.7. The van der Waals surface area contributed by atoms with Gasteiger partial charge in [0.05, 0.1) is 23.1 Å². The molecule has 7 heteroatoms. The summed E-state index contributed by atoms with van der Waals surface area (Å²) in [5.74, 6) is -0.155. The minimum atomic E-state index is -0.522. The molecule has 2 rings (SSSR count). The van der Waals surface area contributed by atoms with Gasteiger partial charge in [0.25, 0.3) is 0 Å². The van der Waals surface area contributed by atoms with Gasteiger partial charge in [-0.2, -0.15) is 4.68 Å². The number of hydrogen-bond donors (Lipinski definition) is 0. The van der Waals surface area contributed by atoms with Gasteiger partial charge in [0, 0.05) is 10.7 Å². The van der Waals surface area contributed by atoms with Crippen LogP contribution in [0.15, 0.2) is 35.1 Å². The van der Waals surface area contributed by atoms with Gasteiger partial charge in [-0.3, -0.25) is 4.98 Å². The summed E-state index contributed by atoms with van der Waals surface area (Å²) < 4.78 is 2.37. The van der Waals surface area contributed by atoms with Gasteiger partial charge in [-0.05, 0) is 33.0 Å². The Labute approximate surface area is 99.2 Å². The van der Waals surface area contributed by atoms with Crippen molar-refractivity contribution in [3.63, 3.8) is 0 Å². The maximum atomic E-state index is 10.4. The number of nitrogens with zero attached hydrogens (tertiary/aromatic N) is 4. The van der Waals surface area contributed by atoms with Crippen molar-refractivity contribution in [1.29, 1.82) is 0 Å². The third kappa shape index (κ3) is 2.43. The summed E-state index contributed by atoms with van der Waals surface area (Å²) in [5.41, 5.74) is 0.793. The molecule has 0 aromatic carbocycles. The Morgan fingerprint density at radius 3 is 2.81 bits per heavy atom. The summed E-state index contributed by atoms with van der Waals surface area (Å²) in [6.07, 6.45) is 3.23. The monoisotopic (exact) mass is 282 g/mol. The first-order valence-corrected chi connectivity index (χ1v) is 5.23. The standard InChI is InChI=1S/C9H7BrN4O2/c10-7-1-2-8(11-5-7)6-13-4-3-9(12-13)14(15)16/h1-5H,6H2. The summed E-state index contributed by atoms with van der Waals surface area (Å²) in [6.45, 7) is 0.418. The molecule has 0 radical (unpaired) electrons. The SMILES string of the molecule is O=[N+]([O-])c1ccn(Cc2ccc(Br)cn2)n1. The van der Waals surface area contributed by atoms with Crippen LogP contribution in [-0.2, 0) is 6.54 Å². The Kier molecular flexibility index (Phi) is 2.95. The number of pyridine rings is 1. The Morgan fingerprint density at radius 1 is 1.44 bits per heavy atom. The van der Waals surface area contributed by atoms with E-state index >= 15 is 0 Å². The van der Waals surface area contributed by atoms with Crippen molar-refractivity contribution in [3.05, 3.63) is 50.9 Å². The molecular formula is C9H7BrN4O2. The van der Waals surface area contributed by atoms with Crippen molar-refractivity contribution in [2.24, 2.45) is 0 Å². The molecule has 0 saturated heterocycles. The van der Waals surface area contributed by atoms with Crippen LogP contribution in [0.2, 0.25) is 0 Å². The zero-order valence-electron chi connectivity index (χ0n) is 8.08. The predicted molar refractivity (Wildman–Crippen MR) is 59.9 cm³/mol. The Morgan fingerprint density at radius 2 is 2.25 bits per heavy atom. The van der Waals surface area contributed by atoms with Gasteiger partial charge < -0.3 is 10.1 Å². The number of rotatable bonds is 3. The Balaban J connectivity index is 2.14. The highest BCUT2D eigenvalue weighted by Gasteiger charge is 2.10. The molecule has 82 valence electrons. The summed E-state index contributed by atoms with van der Waals surface area (Å²) in [7, 11) is 0. The van der Waals surface area contributed by atoms with Crippen LogP contribution in [0.3, 0.4) is 0 Å². The van der Waals surface area contributed by atoms with E-state index in [-0.39, 0.29) is 5.82 Å². The van der Waals surface area contributed by atoms with E-state index in [2.05, 4.69) is 26.0 Å². The van der Waals surface area contributed by atoms with Crippen LogP contribution in [0.1, 0.15) is 5.69 Å². The minimum absolute atomic E-state index is 0.155. The third-order valence-electron chi connectivity index (χ3n) is 1.93. The average Bonchev–Trinajstić information content (AvgIpc) is 2.70. The summed E-state index contributed by atoms with van der Waals surface area (Å²) in [6, 6.07) is 5.05. The number of nitro groups is 1. The van der Waals surface area contributed by atoms with Gasteiger partial charge in [0.2, 0.25) is 0 Å². The third-order valence-corrected chi connectivity index (χ3v) is 2.40. The zero-order chi connectivity index (χ0) is 11.5. The van der Waals surface area contributed by atoms with Crippen LogP contribution in [0.4, 0.5) is 5.82 Å². The molecule has 2 aromatic rings. The highest BCUT2D eigenvalue weighted by Crippen LogP contribution is 2.10. The largest absolute Gasteiger partial charge is 0.389 e. The maximum absolute atomic E-state index is 10.4. The number of halogens is 1. The lowest BCUT2D eigenvalue weighted by Crippen LogP contribution is -2.02. The highest BCUT2D eigenvalue weighted by molar-refractivity contribution is 9.10. The van der Waals surface area contributed by atoms with Gasteiger partial charge in [-0.15, -0.1) is 0 Å². The molecule has 6 nitrogen and oxygen atoms in total. The van der Waals surface area contributed by atoms with Crippen LogP contribution in [0, 0.1) is 10.1 Å². The Hall–Kier alpha value is -1.76. The quantitative estimate of drug-likeness (QED) is 0.637. The van der Waals surface area contributed by atoms with Crippen LogP contribution >= 0.6 is 15.9 Å². The molecule has 0 N–H and O–H groups in total. The molecule has 2 aromatic heterocycles. The van der Waals surface area contributed by atoms with Crippen molar-refractivity contribution >= 4 is 21.7 Å². The molecule has 0 amide bonds. The molecule has 2 heterocycles. The fourth-order valence-electron chi connectivity index (χ4n) is 1.20. The van der Waals surface area contributed by atoms with Crippen LogP contribution in [-0.4, -0.2) is 19.7 Å². The first-order valence-electron chi connectivity index (χ1n) is 4.43. The lowest BCUT2D eigenvalue weighted by molar-refractivity contribution is -0.389. The lowest BCUT2D eigenvalue weighted by atomic mass is 10.3. The van der Waals surface area contributed by atoms with E-state index < -0.39 is 4.92 Å². The summed E-state index contributed by atoms with van der Waals surface area (Å²) >= 11 is 3.28. The van der Waals surface area contributed by atoms with Crippen molar-refractivity contribution in [3.8, 4) is 0 Å². The van der Waals surface area contributed by atoms with Crippen molar-refractivity contribution in [2.45, 2.75) is 6.54 Å². The molecule has 0 spiro atoms. The molecule has 16 heavy (non-hydrogen) atoms. The average molecular weight is 283 g/mol. The van der Waals surface area contributed by atoms with Gasteiger partial charge in [-0.1, -0.05) is 0 Å². The number of hydrogen-bond acceptors (Lipinski definition) is 4. The molecule has 0 aliphatic rings. The van der Waals surface area contributed by atoms with Crippen molar-refractivity contribution in [2.75, 3.05) is 0 Å². The fraction of sp³-hybridized carbons (Fsp3) is 0.111. The lowest BCUT2D eigenvalue weighted by Gasteiger charge is -1.97. The van der Waals surface area contributed by atoms with E-state index in [1.807, 2.05) is 12.1 Å². The normalized spacial score (nSPS) is 10.3. The van der Waals surface area contributed by atoms with E-state index in [4.69, 9.17) is 0 Å². The second-order valence-electron chi connectivity index (χ2n) is 3.10. The van der Waals surface area contributed by atoms with E-state index in [1.54, 1.807) is 12.4 Å². The number of aromatic nitrogens is 3. The second-order valence-corrected chi connectivity index (χ2v) is 4.01. The molecule has 0 atom stereocenters. The molecule has 0 bridgehead atoms. The smallest absolute Gasteiger partial charge is 0.358 e. The Bertz CT molecular complexity index is 508. The second kappa shape index (κ2) is 4.40. The van der Waals surface area contributed by atoms with Crippen molar-refractivity contribution in [1.82, 2.24) is 14.8 Å². The molecule has 0 aliphatic heterocycles. The predicted octanol–water partition coefficient (Wildman–Crippen LogP) is 2.00. The zero-order valence-corrected chi connectivity index (χ0v) is 9.66. The van der Waals surface area contributed by atoms with E-state index in [0.717, 1.165) is 10.2 Å². The van der Waals surface area contributed by atoms with Crippen LogP contribution in [0.5, 0.6) is 0 Å². The highest BCUT2D eigenvalue weighted by atomic mass is 79.9. The molecule has 0 aliphatic carbocycles. The van der Waals surface area contributed by atoms with Crippen molar-refractivity contribution < 1.29 is 4.92 Å². The molecule has 0 fully saturated rings. The summed E-state index contributed by atoms with van der Waals surface area (Å²) in [5, 5.41) is 14.2. The fourth-order valence-corrected chi connectivity index (χ4v) is 1.44. The van der Waals surface area contributed by atoms with Gasteiger partial charge in [-0.25, -0.2) is 0 Å². The van der Waals surface area contributed by atoms with Crippen LogP contribution < -0.4 is 0 Å². The van der Waals surface area contributed by atoms with E-state index in [1.165, 1.54) is 10.7 Å². The molecule has 0 unspecified atom stereocenters. The first-order chi connectivity index (χ1) is 7.65. The topological polar surface area (TPSA) is 73.8 Å². The van der Waals surface area contributed by atoms with Gasteiger partial charge >= 0.3 is 5.82 Å². The minimum Gasteiger partial charge on any atom is -0.358 e. The van der Waals surface area contributed by atoms with Gasteiger partial charge in [0.1, 0.15) is 6.54 Å². The van der Waals surface area contributed by atoms with E-state index in [9.17, 15) is 10.1 Å². The molecular weight excluding hydrogens is 276 g/mol. The molecule has 0 saturated carbocycles. The van der Waals surface area contributed by atoms with Gasteiger partial charge in [0.15, 0.2) is 0 Å².